The molecule has 32 heavy (non-hydrogen) atoms. The number of hydrogen-bond acceptors (Lipinski definition) is 8. The van der Waals surface area contributed by atoms with E-state index in [4.69, 9.17) is 18.9 Å². The highest BCUT2D eigenvalue weighted by atomic mass is 16.5. The van der Waals surface area contributed by atoms with Crippen LogP contribution in [0.5, 0.6) is 0 Å². The minimum atomic E-state index is -0.392. The first-order valence-electron chi connectivity index (χ1n) is 10.4. The molecule has 0 atom stereocenters. The van der Waals surface area contributed by atoms with Crippen LogP contribution in [-0.2, 0) is 18.9 Å². The molecule has 2 aromatic rings. The SMILES string of the molecule is O=C1OCCCCOC(=O)c2ccc1cc2.O=C1OCCCCOC(=O)c2cccc1c2. The number of carbonyl (C=O) groups is 4. The van der Waals surface area contributed by atoms with Gasteiger partial charge in [0.2, 0.25) is 0 Å². The topological polar surface area (TPSA) is 105 Å². The molecular weight excluding hydrogens is 416 g/mol. The summed E-state index contributed by atoms with van der Waals surface area (Å²) < 4.78 is 20.2. The van der Waals surface area contributed by atoms with Crippen molar-refractivity contribution in [2.45, 2.75) is 25.7 Å². The molecule has 3 aliphatic rings. The second-order valence-electron chi connectivity index (χ2n) is 7.12. The van der Waals surface area contributed by atoms with E-state index < -0.39 is 11.9 Å². The van der Waals surface area contributed by atoms with Crippen LogP contribution in [0.15, 0.2) is 48.5 Å². The van der Waals surface area contributed by atoms with Crippen LogP contribution in [0, 0.1) is 0 Å². The lowest BCUT2D eigenvalue weighted by Gasteiger charge is -2.09. The van der Waals surface area contributed by atoms with Gasteiger partial charge in [-0.25, -0.2) is 19.2 Å². The first-order valence-corrected chi connectivity index (χ1v) is 10.4. The largest absolute Gasteiger partial charge is 0.462 e. The van der Waals surface area contributed by atoms with E-state index in [1.54, 1.807) is 42.5 Å². The van der Waals surface area contributed by atoms with Gasteiger partial charge in [0.15, 0.2) is 0 Å². The predicted molar refractivity (Wildman–Crippen MR) is 112 cm³/mol. The van der Waals surface area contributed by atoms with Crippen molar-refractivity contribution in [3.05, 3.63) is 70.8 Å². The van der Waals surface area contributed by atoms with Gasteiger partial charge >= 0.3 is 23.9 Å². The maximum Gasteiger partial charge on any atom is 0.338 e. The number of esters is 4. The maximum absolute atomic E-state index is 11.5. The number of fused-ring (bicyclic) bond motifs is 11. The molecule has 0 aromatic heterocycles. The molecule has 0 fully saturated rings. The van der Waals surface area contributed by atoms with Crippen molar-refractivity contribution in [1.29, 1.82) is 0 Å². The number of rotatable bonds is 0. The molecule has 0 spiro atoms. The minimum absolute atomic E-state index is 0.347. The summed E-state index contributed by atoms with van der Waals surface area (Å²) in [4.78, 5) is 46.0. The Morgan fingerprint density at radius 3 is 1.09 bits per heavy atom. The number of cyclic esters (lactones) is 2. The van der Waals surface area contributed by atoms with Crippen molar-refractivity contribution in [1.82, 2.24) is 0 Å². The van der Waals surface area contributed by atoms with E-state index in [0.717, 1.165) is 0 Å². The fourth-order valence-electron chi connectivity index (χ4n) is 2.92. The summed E-state index contributed by atoms with van der Waals surface area (Å²) in [5, 5.41) is 0. The Bertz CT molecular complexity index is 890. The lowest BCUT2D eigenvalue weighted by atomic mass is 10.1. The smallest absolute Gasteiger partial charge is 0.338 e. The number of ether oxygens (including phenoxy) is 4. The van der Waals surface area contributed by atoms with Gasteiger partial charge in [-0.05, 0) is 68.1 Å². The monoisotopic (exact) mass is 440 g/mol. The van der Waals surface area contributed by atoms with Crippen LogP contribution in [0.4, 0.5) is 0 Å². The van der Waals surface area contributed by atoms with Gasteiger partial charge < -0.3 is 18.9 Å². The van der Waals surface area contributed by atoms with Crippen LogP contribution in [0.25, 0.3) is 0 Å². The molecule has 3 aliphatic heterocycles. The summed E-state index contributed by atoms with van der Waals surface area (Å²) in [6.45, 7) is 1.44. The Hall–Kier alpha value is -3.68. The molecule has 8 heteroatoms. The standard InChI is InChI=1S/2C12H12O4/c13-11-9-3-5-10(6-4-9)12(14)16-8-2-1-7-15-11;13-11-9-4-3-5-10(8-9)12(14)16-7-2-1-6-15-11/h3-6H,1-2,7-8H2;3-5,8H,1-2,6-7H2. The molecule has 3 heterocycles. The maximum atomic E-state index is 11.5. The van der Waals surface area contributed by atoms with E-state index in [1.807, 2.05) is 0 Å². The highest BCUT2D eigenvalue weighted by molar-refractivity contribution is 5.95. The highest BCUT2D eigenvalue weighted by Crippen LogP contribution is 2.11. The molecule has 0 N–H and O–H groups in total. The van der Waals surface area contributed by atoms with Gasteiger partial charge in [0.1, 0.15) is 0 Å². The highest BCUT2D eigenvalue weighted by Gasteiger charge is 2.14. The van der Waals surface area contributed by atoms with Gasteiger partial charge in [-0.3, -0.25) is 0 Å². The average Bonchev–Trinajstić information content (AvgIpc) is 2.84. The Labute approximate surface area is 185 Å². The van der Waals surface area contributed by atoms with Crippen molar-refractivity contribution >= 4 is 23.9 Å². The third kappa shape index (κ3) is 6.66. The van der Waals surface area contributed by atoms with Crippen LogP contribution < -0.4 is 0 Å². The van der Waals surface area contributed by atoms with Gasteiger partial charge in [-0.15, -0.1) is 0 Å². The van der Waals surface area contributed by atoms with E-state index in [-0.39, 0.29) is 11.9 Å². The lowest BCUT2D eigenvalue weighted by Crippen LogP contribution is -2.12. The zero-order valence-electron chi connectivity index (χ0n) is 17.5. The van der Waals surface area contributed by atoms with Crippen molar-refractivity contribution in [3.63, 3.8) is 0 Å². The van der Waals surface area contributed by atoms with Crippen molar-refractivity contribution in [2.24, 2.45) is 0 Å². The minimum Gasteiger partial charge on any atom is -0.462 e. The summed E-state index contributed by atoms with van der Waals surface area (Å²) in [5.74, 6) is -1.48. The first-order chi connectivity index (χ1) is 15.5. The van der Waals surface area contributed by atoms with Crippen LogP contribution in [-0.4, -0.2) is 50.3 Å². The molecule has 0 amide bonds. The van der Waals surface area contributed by atoms with Crippen LogP contribution in [0.2, 0.25) is 0 Å². The second kappa shape index (κ2) is 11.6. The lowest BCUT2D eigenvalue weighted by molar-refractivity contribution is 0.0427. The van der Waals surface area contributed by atoms with Crippen LogP contribution in [0.1, 0.15) is 67.1 Å². The van der Waals surface area contributed by atoms with Gasteiger partial charge in [0.05, 0.1) is 48.7 Å². The van der Waals surface area contributed by atoms with Gasteiger partial charge in [0, 0.05) is 0 Å². The molecule has 0 saturated heterocycles. The number of benzene rings is 2. The molecule has 0 aliphatic carbocycles. The Balaban J connectivity index is 0.000000181. The summed E-state index contributed by atoms with van der Waals surface area (Å²) in [6, 6.07) is 12.7. The Morgan fingerprint density at radius 2 is 0.750 bits per heavy atom. The van der Waals surface area contributed by atoms with E-state index in [9.17, 15) is 19.2 Å². The molecule has 8 nitrogen and oxygen atoms in total. The molecule has 0 radical (unpaired) electrons. The van der Waals surface area contributed by atoms with Crippen molar-refractivity contribution in [3.8, 4) is 0 Å². The molecule has 4 bridgehead atoms. The number of hydrogen-bond donors (Lipinski definition) is 0. The molecule has 0 saturated carbocycles. The zero-order chi connectivity index (χ0) is 22.8. The van der Waals surface area contributed by atoms with Crippen LogP contribution >= 0.6 is 0 Å². The van der Waals surface area contributed by atoms with E-state index >= 15 is 0 Å². The third-order valence-electron chi connectivity index (χ3n) is 4.70. The van der Waals surface area contributed by atoms with Crippen LogP contribution in [0.3, 0.4) is 0 Å². The van der Waals surface area contributed by atoms with Crippen molar-refractivity contribution < 1.29 is 38.1 Å². The molecule has 0 unspecified atom stereocenters. The molecule has 2 aromatic carbocycles. The van der Waals surface area contributed by atoms with E-state index in [2.05, 4.69) is 0 Å². The molecule has 5 rings (SSSR count). The first kappa shape index (κ1) is 23.0. The third-order valence-corrected chi connectivity index (χ3v) is 4.70. The molecular formula is C24H24O8. The van der Waals surface area contributed by atoms with E-state index in [0.29, 0.717) is 74.4 Å². The zero-order valence-corrected chi connectivity index (χ0v) is 17.5. The summed E-state index contributed by atoms with van der Waals surface area (Å²) in [7, 11) is 0. The van der Waals surface area contributed by atoms with Gasteiger partial charge in [0.25, 0.3) is 0 Å². The fraction of sp³-hybridized carbons (Fsp3) is 0.333. The van der Waals surface area contributed by atoms with E-state index in [1.165, 1.54) is 6.07 Å². The fourth-order valence-corrected chi connectivity index (χ4v) is 2.92. The Morgan fingerprint density at radius 1 is 0.438 bits per heavy atom. The normalized spacial score (nSPS) is 17.0. The second-order valence-corrected chi connectivity index (χ2v) is 7.12. The van der Waals surface area contributed by atoms with Crippen molar-refractivity contribution in [2.75, 3.05) is 26.4 Å². The summed E-state index contributed by atoms with van der Waals surface area (Å²) in [5.41, 5.74) is 1.68. The number of carbonyl (C=O) groups excluding carboxylic acids is 4. The quantitative estimate of drug-likeness (QED) is 0.452. The van der Waals surface area contributed by atoms with Gasteiger partial charge in [-0.1, -0.05) is 6.07 Å². The Kier molecular flexibility index (Phi) is 8.36. The average molecular weight is 440 g/mol. The predicted octanol–water partition coefficient (Wildman–Crippen LogP) is 3.59. The summed E-state index contributed by atoms with van der Waals surface area (Å²) in [6.07, 6.45) is 2.81. The molecule has 168 valence electrons. The summed E-state index contributed by atoms with van der Waals surface area (Å²) >= 11 is 0. The van der Waals surface area contributed by atoms with Gasteiger partial charge in [-0.2, -0.15) is 0 Å².